The first-order chi connectivity index (χ1) is 10.1. The number of nitrogens with one attached hydrogen (secondary N) is 1. The lowest BCUT2D eigenvalue weighted by Gasteiger charge is -2.15. The van der Waals surface area contributed by atoms with Crippen LogP contribution in [-0.2, 0) is 11.2 Å². The maximum Gasteiger partial charge on any atom is 0.251 e. The molecule has 0 unspecified atom stereocenters. The highest BCUT2D eigenvalue weighted by atomic mass is 127. The first-order valence-electron chi connectivity index (χ1n) is 6.46. The summed E-state index contributed by atoms with van der Waals surface area (Å²) in [6, 6.07) is 15.8. The Morgan fingerprint density at radius 2 is 1.67 bits per heavy atom. The van der Waals surface area contributed by atoms with Gasteiger partial charge < -0.3 is 11.1 Å². The first kappa shape index (κ1) is 15.5. The zero-order valence-corrected chi connectivity index (χ0v) is 13.4. The van der Waals surface area contributed by atoms with E-state index in [0.717, 1.165) is 9.13 Å². The van der Waals surface area contributed by atoms with Crippen LogP contribution in [0.15, 0.2) is 54.6 Å². The van der Waals surface area contributed by atoms with Crippen molar-refractivity contribution in [2.24, 2.45) is 5.73 Å². The SMILES string of the molecule is NC(=O)[C@@H](Cc1ccc(I)cc1)NC(=O)c1ccccc1. The average molecular weight is 394 g/mol. The Morgan fingerprint density at radius 3 is 2.24 bits per heavy atom. The normalized spacial score (nSPS) is 11.7. The minimum atomic E-state index is -0.724. The fourth-order valence-corrected chi connectivity index (χ4v) is 2.27. The van der Waals surface area contributed by atoms with E-state index in [9.17, 15) is 9.59 Å². The van der Waals surface area contributed by atoms with Gasteiger partial charge in [0.25, 0.3) is 5.91 Å². The fraction of sp³-hybridized carbons (Fsp3) is 0.125. The largest absolute Gasteiger partial charge is 0.368 e. The van der Waals surface area contributed by atoms with Gasteiger partial charge in [0.2, 0.25) is 5.91 Å². The second kappa shape index (κ2) is 7.21. The summed E-state index contributed by atoms with van der Waals surface area (Å²) >= 11 is 2.21. The molecule has 0 saturated carbocycles. The molecule has 5 heteroatoms. The van der Waals surface area contributed by atoms with Crippen LogP contribution in [-0.4, -0.2) is 17.9 Å². The number of hydrogen-bond donors (Lipinski definition) is 2. The van der Waals surface area contributed by atoms with Crippen LogP contribution in [0, 0.1) is 3.57 Å². The molecule has 4 nitrogen and oxygen atoms in total. The van der Waals surface area contributed by atoms with Gasteiger partial charge in [0.05, 0.1) is 0 Å². The number of halogens is 1. The standard InChI is InChI=1S/C16H15IN2O2/c17-13-8-6-11(7-9-13)10-14(15(18)20)19-16(21)12-4-2-1-3-5-12/h1-9,14H,10H2,(H2,18,20)(H,19,21)/t14-/m1/s1. The predicted molar refractivity (Wildman–Crippen MR) is 89.8 cm³/mol. The highest BCUT2D eigenvalue weighted by molar-refractivity contribution is 14.1. The van der Waals surface area contributed by atoms with Crippen molar-refractivity contribution in [2.75, 3.05) is 0 Å². The van der Waals surface area contributed by atoms with Crippen LogP contribution in [0.25, 0.3) is 0 Å². The third kappa shape index (κ3) is 4.56. The molecule has 0 heterocycles. The molecule has 21 heavy (non-hydrogen) atoms. The van der Waals surface area contributed by atoms with Gasteiger partial charge in [-0.2, -0.15) is 0 Å². The average Bonchev–Trinajstić information content (AvgIpc) is 2.49. The lowest BCUT2D eigenvalue weighted by molar-refractivity contribution is -0.119. The molecule has 2 aromatic rings. The maximum absolute atomic E-state index is 12.1. The predicted octanol–water partition coefficient (Wildman–Crippen LogP) is 2.12. The van der Waals surface area contributed by atoms with Crippen LogP contribution >= 0.6 is 22.6 Å². The second-order valence-electron chi connectivity index (χ2n) is 4.63. The molecule has 1 atom stereocenters. The Labute approximate surface area is 136 Å². The van der Waals surface area contributed by atoms with E-state index >= 15 is 0 Å². The van der Waals surface area contributed by atoms with E-state index in [2.05, 4.69) is 27.9 Å². The van der Waals surface area contributed by atoms with Crippen molar-refractivity contribution in [1.82, 2.24) is 5.32 Å². The molecule has 0 aliphatic rings. The lowest BCUT2D eigenvalue weighted by Crippen LogP contribution is -2.45. The number of primary amides is 1. The van der Waals surface area contributed by atoms with Gasteiger partial charge in [-0.15, -0.1) is 0 Å². The molecule has 2 rings (SSSR count). The molecule has 2 amide bonds. The van der Waals surface area contributed by atoms with E-state index in [1.54, 1.807) is 24.3 Å². The van der Waals surface area contributed by atoms with Gasteiger partial charge >= 0.3 is 0 Å². The monoisotopic (exact) mass is 394 g/mol. The molecule has 0 spiro atoms. The molecule has 0 fully saturated rings. The topological polar surface area (TPSA) is 72.2 Å². The molecule has 108 valence electrons. The first-order valence-corrected chi connectivity index (χ1v) is 7.54. The number of benzene rings is 2. The number of carbonyl (C=O) groups excluding carboxylic acids is 2. The van der Waals surface area contributed by atoms with E-state index in [1.807, 2.05) is 30.3 Å². The van der Waals surface area contributed by atoms with E-state index in [0.29, 0.717) is 12.0 Å². The van der Waals surface area contributed by atoms with Gasteiger partial charge in [-0.25, -0.2) is 0 Å². The van der Waals surface area contributed by atoms with Crippen LogP contribution in [0.5, 0.6) is 0 Å². The van der Waals surface area contributed by atoms with Gasteiger partial charge in [0, 0.05) is 15.6 Å². The van der Waals surface area contributed by atoms with E-state index in [4.69, 9.17) is 5.73 Å². The summed E-state index contributed by atoms with van der Waals surface area (Å²) in [5, 5.41) is 2.68. The summed E-state index contributed by atoms with van der Waals surface area (Å²) in [5.74, 6) is -0.845. The molecule has 0 aliphatic heterocycles. The zero-order valence-electron chi connectivity index (χ0n) is 11.3. The maximum atomic E-state index is 12.1. The van der Waals surface area contributed by atoms with Crippen LogP contribution in [0.1, 0.15) is 15.9 Å². The van der Waals surface area contributed by atoms with Crippen molar-refractivity contribution in [2.45, 2.75) is 12.5 Å². The number of hydrogen-bond acceptors (Lipinski definition) is 2. The molecular weight excluding hydrogens is 379 g/mol. The van der Waals surface area contributed by atoms with Gasteiger partial charge in [-0.3, -0.25) is 9.59 Å². The summed E-state index contributed by atoms with van der Waals surface area (Å²) in [4.78, 5) is 23.6. The summed E-state index contributed by atoms with van der Waals surface area (Å²) in [5.41, 5.74) is 6.84. The third-order valence-electron chi connectivity index (χ3n) is 3.04. The van der Waals surface area contributed by atoms with Crippen LogP contribution in [0.2, 0.25) is 0 Å². The Balaban J connectivity index is 2.07. The van der Waals surface area contributed by atoms with E-state index < -0.39 is 11.9 Å². The lowest BCUT2D eigenvalue weighted by atomic mass is 10.0. The van der Waals surface area contributed by atoms with Crippen LogP contribution < -0.4 is 11.1 Å². The summed E-state index contributed by atoms with van der Waals surface area (Å²) in [7, 11) is 0. The minimum absolute atomic E-state index is 0.301. The third-order valence-corrected chi connectivity index (χ3v) is 3.76. The van der Waals surface area contributed by atoms with Crippen molar-refractivity contribution in [3.8, 4) is 0 Å². The summed E-state index contributed by atoms with van der Waals surface area (Å²) in [6.07, 6.45) is 0.380. The molecule has 0 aromatic heterocycles. The van der Waals surface area contributed by atoms with Crippen LogP contribution in [0.3, 0.4) is 0 Å². The number of amides is 2. The Hall–Kier alpha value is -1.89. The second-order valence-corrected chi connectivity index (χ2v) is 5.87. The number of nitrogens with two attached hydrogens (primary N) is 1. The van der Waals surface area contributed by atoms with Gasteiger partial charge in [0.15, 0.2) is 0 Å². The molecule has 3 N–H and O–H groups in total. The molecular formula is C16H15IN2O2. The van der Waals surface area contributed by atoms with Gasteiger partial charge in [-0.05, 0) is 52.4 Å². The molecule has 0 radical (unpaired) electrons. The summed E-state index contributed by atoms with van der Waals surface area (Å²) in [6.45, 7) is 0. The number of carbonyl (C=O) groups is 2. The summed E-state index contributed by atoms with van der Waals surface area (Å²) < 4.78 is 1.11. The van der Waals surface area contributed by atoms with Gasteiger partial charge in [0.1, 0.15) is 6.04 Å². The Kier molecular flexibility index (Phi) is 5.32. The molecule has 0 aliphatic carbocycles. The fourth-order valence-electron chi connectivity index (χ4n) is 1.91. The smallest absolute Gasteiger partial charge is 0.251 e. The van der Waals surface area contributed by atoms with Crippen molar-refractivity contribution >= 4 is 34.4 Å². The van der Waals surface area contributed by atoms with Crippen molar-refractivity contribution in [3.05, 3.63) is 69.3 Å². The molecule has 2 aromatic carbocycles. The van der Waals surface area contributed by atoms with Gasteiger partial charge in [-0.1, -0.05) is 30.3 Å². The minimum Gasteiger partial charge on any atom is -0.368 e. The molecule has 0 saturated heterocycles. The highest BCUT2D eigenvalue weighted by Gasteiger charge is 2.19. The van der Waals surface area contributed by atoms with Crippen molar-refractivity contribution in [1.29, 1.82) is 0 Å². The number of rotatable bonds is 5. The van der Waals surface area contributed by atoms with Crippen LogP contribution in [0.4, 0.5) is 0 Å². The van der Waals surface area contributed by atoms with Crippen molar-refractivity contribution < 1.29 is 9.59 Å². The Morgan fingerprint density at radius 1 is 1.05 bits per heavy atom. The quantitative estimate of drug-likeness (QED) is 0.763. The zero-order chi connectivity index (χ0) is 15.2. The Bertz CT molecular complexity index is 626. The molecule has 0 bridgehead atoms. The van der Waals surface area contributed by atoms with E-state index in [-0.39, 0.29) is 5.91 Å². The van der Waals surface area contributed by atoms with E-state index in [1.165, 1.54) is 0 Å². The highest BCUT2D eigenvalue weighted by Crippen LogP contribution is 2.09. The van der Waals surface area contributed by atoms with Crippen molar-refractivity contribution in [3.63, 3.8) is 0 Å².